The van der Waals surface area contributed by atoms with Gasteiger partial charge in [0.25, 0.3) is 0 Å². The molecule has 0 spiro atoms. The number of esters is 2. The van der Waals surface area contributed by atoms with Gasteiger partial charge in [0.15, 0.2) is 0 Å². The molecule has 0 bridgehead atoms. The second kappa shape index (κ2) is 8.27. The molecule has 0 aliphatic carbocycles. The zero-order valence-corrected chi connectivity index (χ0v) is 13.0. The fourth-order valence-corrected chi connectivity index (χ4v) is 2.40. The van der Waals surface area contributed by atoms with Crippen molar-refractivity contribution in [2.24, 2.45) is 0 Å². The molecule has 112 valence electrons. The molecule has 0 fully saturated rings. The van der Waals surface area contributed by atoms with Crippen LogP contribution in [0.3, 0.4) is 0 Å². The Kier molecular flexibility index (Phi) is 6.69. The molecular weight excluding hydrogens is 292 g/mol. The average molecular weight is 308 g/mol. The highest BCUT2D eigenvalue weighted by Gasteiger charge is 2.19. The van der Waals surface area contributed by atoms with Crippen molar-refractivity contribution in [3.63, 3.8) is 0 Å². The van der Waals surface area contributed by atoms with Crippen LogP contribution in [-0.4, -0.2) is 35.9 Å². The van der Waals surface area contributed by atoms with Gasteiger partial charge in [-0.3, -0.25) is 4.79 Å². The molecule has 1 heterocycles. The number of hydrogen-bond acceptors (Lipinski definition) is 7. The Balaban J connectivity index is 3.06. The molecule has 1 rings (SSSR count). The van der Waals surface area contributed by atoms with Crippen molar-refractivity contribution in [1.82, 2.24) is 4.98 Å². The van der Waals surface area contributed by atoms with E-state index >= 15 is 0 Å². The summed E-state index contributed by atoms with van der Waals surface area (Å²) in [7, 11) is 0. The van der Waals surface area contributed by atoms with E-state index in [4.69, 9.17) is 9.47 Å². The number of nitrogens with zero attached hydrogens (tertiary/aromatic N) is 2. The molecule has 6 nitrogen and oxygen atoms in total. The predicted octanol–water partition coefficient (Wildman–Crippen LogP) is 2.09. The number of rotatable bonds is 6. The molecule has 21 heavy (non-hydrogen) atoms. The molecule has 0 aromatic carbocycles. The number of aryl methyl sites for hydroxylation is 1. The molecule has 0 atom stereocenters. The van der Waals surface area contributed by atoms with E-state index in [0.717, 1.165) is 11.8 Å². The summed E-state index contributed by atoms with van der Waals surface area (Å²) in [5.41, 5.74) is 0.856. The first kappa shape index (κ1) is 17.0. The number of thioether (sulfide) groups is 1. The average Bonchev–Trinajstić information content (AvgIpc) is 2.45. The highest BCUT2D eigenvalue weighted by molar-refractivity contribution is 7.99. The topological polar surface area (TPSA) is 89.3 Å². The van der Waals surface area contributed by atoms with Gasteiger partial charge in [-0.2, -0.15) is 5.26 Å². The fourth-order valence-electron chi connectivity index (χ4n) is 1.56. The number of pyridine rings is 1. The first-order chi connectivity index (χ1) is 10.0. The largest absolute Gasteiger partial charge is 0.465 e. The van der Waals surface area contributed by atoms with E-state index in [0.29, 0.717) is 17.3 Å². The van der Waals surface area contributed by atoms with Crippen LogP contribution in [0.5, 0.6) is 0 Å². The summed E-state index contributed by atoms with van der Waals surface area (Å²) in [4.78, 5) is 27.4. The van der Waals surface area contributed by atoms with E-state index in [9.17, 15) is 14.9 Å². The number of carbonyl (C=O) groups is 2. The fraction of sp³-hybridized carbons (Fsp3) is 0.429. The third-order valence-corrected chi connectivity index (χ3v) is 3.30. The number of hydrogen-bond donors (Lipinski definition) is 0. The summed E-state index contributed by atoms with van der Waals surface area (Å²) >= 11 is 1.07. The van der Waals surface area contributed by atoms with E-state index in [1.807, 2.05) is 6.07 Å². The van der Waals surface area contributed by atoms with Crippen molar-refractivity contribution in [1.29, 1.82) is 5.26 Å². The zero-order valence-electron chi connectivity index (χ0n) is 12.1. The molecule has 0 aliphatic heterocycles. The summed E-state index contributed by atoms with van der Waals surface area (Å²) in [6.45, 7) is 5.62. The van der Waals surface area contributed by atoms with Crippen LogP contribution in [0.4, 0.5) is 0 Å². The van der Waals surface area contributed by atoms with Crippen LogP contribution < -0.4 is 0 Å². The minimum atomic E-state index is -0.572. The maximum Gasteiger partial charge on any atom is 0.339 e. The van der Waals surface area contributed by atoms with Gasteiger partial charge in [-0.05, 0) is 26.8 Å². The predicted molar refractivity (Wildman–Crippen MR) is 77.0 cm³/mol. The van der Waals surface area contributed by atoms with Gasteiger partial charge in [0.1, 0.15) is 11.1 Å². The second-order valence-electron chi connectivity index (χ2n) is 3.92. The summed E-state index contributed by atoms with van der Waals surface area (Å²) in [6.07, 6.45) is 0. The first-order valence-corrected chi connectivity index (χ1v) is 7.39. The smallest absolute Gasteiger partial charge is 0.339 e. The zero-order chi connectivity index (χ0) is 15.8. The van der Waals surface area contributed by atoms with Crippen molar-refractivity contribution in [3.8, 4) is 6.07 Å². The lowest BCUT2D eigenvalue weighted by molar-refractivity contribution is -0.139. The first-order valence-electron chi connectivity index (χ1n) is 6.40. The number of aromatic nitrogens is 1. The van der Waals surface area contributed by atoms with Crippen molar-refractivity contribution < 1.29 is 19.1 Å². The summed E-state index contributed by atoms with van der Waals surface area (Å²) in [5.74, 6) is -0.939. The van der Waals surface area contributed by atoms with Gasteiger partial charge in [0.05, 0.1) is 30.1 Å². The van der Waals surface area contributed by atoms with Crippen LogP contribution in [-0.2, 0) is 14.3 Å². The van der Waals surface area contributed by atoms with Gasteiger partial charge in [-0.1, -0.05) is 11.8 Å². The molecule has 1 aromatic heterocycles. The molecule has 0 aliphatic rings. The normalized spacial score (nSPS) is 9.81. The lowest BCUT2D eigenvalue weighted by Crippen LogP contribution is -2.11. The van der Waals surface area contributed by atoms with Gasteiger partial charge >= 0.3 is 11.9 Å². The van der Waals surface area contributed by atoms with E-state index in [-0.39, 0.29) is 23.5 Å². The van der Waals surface area contributed by atoms with E-state index in [2.05, 4.69) is 4.98 Å². The quantitative estimate of drug-likeness (QED) is 0.587. The highest BCUT2D eigenvalue weighted by Crippen LogP contribution is 2.24. The monoisotopic (exact) mass is 308 g/mol. The molecule has 0 N–H and O–H groups in total. The number of nitriles is 1. The van der Waals surface area contributed by atoms with Gasteiger partial charge in [-0.15, -0.1) is 0 Å². The molecule has 0 saturated carbocycles. The van der Waals surface area contributed by atoms with Crippen LogP contribution >= 0.6 is 11.8 Å². The third kappa shape index (κ3) is 4.76. The molecule has 7 heteroatoms. The summed E-state index contributed by atoms with van der Waals surface area (Å²) in [5, 5.41) is 9.58. The highest BCUT2D eigenvalue weighted by atomic mass is 32.2. The molecule has 0 unspecified atom stereocenters. The third-order valence-electron chi connectivity index (χ3n) is 2.35. The van der Waals surface area contributed by atoms with Gasteiger partial charge < -0.3 is 9.47 Å². The Morgan fingerprint density at radius 1 is 1.33 bits per heavy atom. The van der Waals surface area contributed by atoms with Crippen molar-refractivity contribution in [3.05, 3.63) is 22.9 Å². The Labute approximate surface area is 127 Å². The number of ether oxygens (including phenoxy) is 2. The molecule has 0 saturated heterocycles. The Morgan fingerprint density at radius 3 is 2.57 bits per heavy atom. The maximum absolute atomic E-state index is 11.9. The number of carbonyl (C=O) groups excluding carboxylic acids is 2. The summed E-state index contributed by atoms with van der Waals surface area (Å²) < 4.78 is 9.75. The minimum Gasteiger partial charge on any atom is -0.465 e. The van der Waals surface area contributed by atoms with E-state index in [1.54, 1.807) is 20.8 Å². The Hall–Kier alpha value is -2.07. The lowest BCUT2D eigenvalue weighted by Gasteiger charge is -2.09. The molecular formula is C14H16N2O4S. The van der Waals surface area contributed by atoms with Crippen molar-refractivity contribution in [2.45, 2.75) is 25.8 Å². The Bertz CT molecular complexity index is 581. The molecule has 1 aromatic rings. The van der Waals surface area contributed by atoms with Crippen LogP contribution in [0, 0.1) is 18.3 Å². The SMILES string of the molecule is CCOC(=O)CSc1nc(C)cc(C(=O)OCC)c1C#N. The van der Waals surface area contributed by atoms with Gasteiger partial charge in [0, 0.05) is 5.69 Å². The van der Waals surface area contributed by atoms with Crippen molar-refractivity contribution >= 4 is 23.7 Å². The van der Waals surface area contributed by atoms with Gasteiger partial charge in [-0.25, -0.2) is 9.78 Å². The summed E-state index contributed by atoms with van der Waals surface area (Å²) in [6, 6.07) is 3.46. The van der Waals surface area contributed by atoms with Crippen molar-refractivity contribution in [2.75, 3.05) is 19.0 Å². The Morgan fingerprint density at radius 2 is 2.00 bits per heavy atom. The molecule has 0 radical (unpaired) electrons. The van der Waals surface area contributed by atoms with E-state index in [1.165, 1.54) is 6.07 Å². The molecule has 0 amide bonds. The lowest BCUT2D eigenvalue weighted by atomic mass is 10.1. The van der Waals surface area contributed by atoms with Crippen LogP contribution in [0.15, 0.2) is 11.1 Å². The second-order valence-corrected chi connectivity index (χ2v) is 4.88. The standard InChI is InChI=1S/C14H16N2O4S/c1-4-19-12(17)8-21-13-11(7-15)10(6-9(3)16-13)14(18)20-5-2/h6H,4-5,8H2,1-3H3. The minimum absolute atomic E-state index is 0.0290. The van der Waals surface area contributed by atoms with Crippen LogP contribution in [0.1, 0.15) is 35.5 Å². The van der Waals surface area contributed by atoms with Crippen LogP contribution in [0.2, 0.25) is 0 Å². The van der Waals surface area contributed by atoms with E-state index < -0.39 is 11.9 Å². The van der Waals surface area contributed by atoms with Crippen LogP contribution in [0.25, 0.3) is 0 Å². The van der Waals surface area contributed by atoms with Gasteiger partial charge in [0.2, 0.25) is 0 Å². The maximum atomic E-state index is 11.9.